The molecule has 0 aliphatic carbocycles. The van der Waals surface area contributed by atoms with Crippen LogP contribution in [0.1, 0.15) is 20.8 Å². The second kappa shape index (κ2) is 3.97. The molecular formula is C7H15NO2S. The zero-order chi connectivity index (χ0) is 9.07. The van der Waals surface area contributed by atoms with Crippen molar-refractivity contribution in [1.29, 1.82) is 0 Å². The number of carbonyl (C=O) groups is 1. The first kappa shape index (κ1) is 10.8. The maximum atomic E-state index is 11.1. The summed E-state index contributed by atoms with van der Waals surface area (Å²) >= 11 is 3.87. The Morgan fingerprint density at radius 2 is 2.09 bits per heavy atom. The quantitative estimate of drug-likeness (QED) is 0.372. The van der Waals surface area contributed by atoms with E-state index in [1.54, 1.807) is 20.8 Å². The maximum absolute atomic E-state index is 11.1. The molecule has 0 heterocycles. The van der Waals surface area contributed by atoms with Crippen LogP contribution in [-0.2, 0) is 9.53 Å². The highest BCUT2D eigenvalue weighted by Crippen LogP contribution is 2.14. The van der Waals surface area contributed by atoms with E-state index in [0.29, 0.717) is 0 Å². The molecule has 0 aliphatic rings. The molecule has 0 aromatic carbocycles. The number of ether oxygens (including phenoxy) is 1. The van der Waals surface area contributed by atoms with Gasteiger partial charge in [-0.1, -0.05) is 0 Å². The second-order valence-corrected chi connectivity index (χ2v) is 4.08. The molecule has 1 unspecified atom stereocenters. The van der Waals surface area contributed by atoms with Gasteiger partial charge in [-0.2, -0.15) is 12.6 Å². The minimum Gasteiger partial charge on any atom is -0.463 e. The van der Waals surface area contributed by atoms with E-state index in [0.717, 1.165) is 0 Å². The fraction of sp³-hybridized carbons (Fsp3) is 0.857. The fourth-order valence-electron chi connectivity index (χ4n) is 0.378. The van der Waals surface area contributed by atoms with E-state index in [1.807, 2.05) is 0 Å². The number of nitrogens with two attached hydrogens (primary N) is 1. The molecule has 4 heteroatoms. The third-order valence-electron chi connectivity index (χ3n) is 0.998. The van der Waals surface area contributed by atoms with Crippen molar-refractivity contribution in [2.75, 3.05) is 6.61 Å². The zero-order valence-electron chi connectivity index (χ0n) is 7.13. The van der Waals surface area contributed by atoms with Crippen molar-refractivity contribution in [2.45, 2.75) is 26.1 Å². The van der Waals surface area contributed by atoms with E-state index in [2.05, 4.69) is 12.6 Å². The molecule has 0 bridgehead atoms. The highest BCUT2D eigenvalue weighted by atomic mass is 32.1. The summed E-state index contributed by atoms with van der Waals surface area (Å²) in [5.41, 5.74) is 4.82. The summed E-state index contributed by atoms with van der Waals surface area (Å²) in [5.74, 6) is -0.248. The standard InChI is InChI=1S/C7H15NO2S/c1-7(2,3)6(9)10-4-5(8)11/h5,11H,4,8H2,1-3H3. The summed E-state index contributed by atoms with van der Waals surface area (Å²) in [6.45, 7) is 5.54. The lowest BCUT2D eigenvalue weighted by atomic mass is 9.97. The summed E-state index contributed by atoms with van der Waals surface area (Å²) in [4.78, 5) is 11.1. The van der Waals surface area contributed by atoms with Crippen LogP contribution < -0.4 is 5.73 Å². The van der Waals surface area contributed by atoms with Gasteiger partial charge in [0, 0.05) is 0 Å². The molecule has 0 saturated carbocycles. The summed E-state index contributed by atoms with van der Waals surface area (Å²) in [6.07, 6.45) is 0. The Hall–Kier alpha value is -0.220. The molecule has 0 saturated heterocycles. The average molecular weight is 177 g/mol. The van der Waals surface area contributed by atoms with Gasteiger partial charge in [-0.25, -0.2) is 0 Å². The Morgan fingerprint density at radius 3 is 2.36 bits per heavy atom. The van der Waals surface area contributed by atoms with Crippen molar-refractivity contribution in [3.8, 4) is 0 Å². The van der Waals surface area contributed by atoms with Crippen molar-refractivity contribution in [3.05, 3.63) is 0 Å². The zero-order valence-corrected chi connectivity index (χ0v) is 8.02. The number of esters is 1. The van der Waals surface area contributed by atoms with Crippen molar-refractivity contribution in [2.24, 2.45) is 11.1 Å². The van der Waals surface area contributed by atoms with Crippen LogP contribution in [-0.4, -0.2) is 18.0 Å². The Kier molecular flexibility index (Phi) is 3.89. The molecular weight excluding hydrogens is 162 g/mol. The smallest absolute Gasteiger partial charge is 0.311 e. The van der Waals surface area contributed by atoms with Crippen LogP contribution in [0, 0.1) is 5.41 Å². The lowest BCUT2D eigenvalue weighted by Gasteiger charge is -2.17. The molecule has 0 fully saturated rings. The predicted molar refractivity (Wildman–Crippen MR) is 47.4 cm³/mol. The van der Waals surface area contributed by atoms with Crippen LogP contribution in [0.4, 0.5) is 0 Å². The van der Waals surface area contributed by atoms with E-state index < -0.39 is 5.41 Å². The van der Waals surface area contributed by atoms with Crippen LogP contribution in [0.3, 0.4) is 0 Å². The van der Waals surface area contributed by atoms with E-state index in [1.165, 1.54) is 0 Å². The van der Waals surface area contributed by atoms with E-state index in [-0.39, 0.29) is 18.0 Å². The molecule has 1 atom stereocenters. The van der Waals surface area contributed by atoms with E-state index in [4.69, 9.17) is 10.5 Å². The van der Waals surface area contributed by atoms with Crippen molar-refractivity contribution in [1.82, 2.24) is 0 Å². The SMILES string of the molecule is CC(C)(C)C(=O)OCC(N)S. The Balaban J connectivity index is 3.71. The number of hydrogen-bond donors (Lipinski definition) is 2. The van der Waals surface area contributed by atoms with Crippen LogP contribution >= 0.6 is 12.6 Å². The first-order chi connectivity index (χ1) is 4.84. The Bertz CT molecular complexity index is 140. The average Bonchev–Trinajstić information content (AvgIpc) is 1.80. The number of thiol groups is 1. The molecule has 11 heavy (non-hydrogen) atoms. The van der Waals surface area contributed by atoms with Gasteiger partial charge in [0.05, 0.1) is 10.8 Å². The molecule has 3 nitrogen and oxygen atoms in total. The van der Waals surface area contributed by atoms with Crippen LogP contribution in [0.15, 0.2) is 0 Å². The van der Waals surface area contributed by atoms with Gasteiger partial charge in [0.1, 0.15) is 6.61 Å². The molecule has 0 aromatic heterocycles. The molecule has 0 aliphatic heterocycles. The second-order valence-electron chi connectivity index (χ2n) is 3.42. The summed E-state index contributed by atoms with van der Waals surface area (Å²) < 4.78 is 4.83. The van der Waals surface area contributed by atoms with Crippen molar-refractivity contribution in [3.63, 3.8) is 0 Å². The number of hydrogen-bond acceptors (Lipinski definition) is 4. The van der Waals surface area contributed by atoms with Crippen molar-refractivity contribution < 1.29 is 9.53 Å². The largest absolute Gasteiger partial charge is 0.463 e. The number of carbonyl (C=O) groups excluding carboxylic acids is 1. The Labute approximate surface area is 72.7 Å². The van der Waals surface area contributed by atoms with Gasteiger partial charge in [0.15, 0.2) is 0 Å². The highest BCUT2D eigenvalue weighted by Gasteiger charge is 2.22. The van der Waals surface area contributed by atoms with Crippen LogP contribution in [0.5, 0.6) is 0 Å². The third kappa shape index (κ3) is 5.09. The van der Waals surface area contributed by atoms with Gasteiger partial charge >= 0.3 is 5.97 Å². The van der Waals surface area contributed by atoms with Gasteiger partial charge < -0.3 is 10.5 Å². The topological polar surface area (TPSA) is 52.3 Å². The predicted octanol–water partition coefficient (Wildman–Crippen LogP) is 0.790. The van der Waals surface area contributed by atoms with Gasteiger partial charge in [-0.3, -0.25) is 4.79 Å². The summed E-state index contributed by atoms with van der Waals surface area (Å²) in [6, 6.07) is 0. The summed E-state index contributed by atoms with van der Waals surface area (Å²) in [5, 5.41) is -0.388. The highest BCUT2D eigenvalue weighted by molar-refractivity contribution is 7.80. The fourth-order valence-corrected chi connectivity index (χ4v) is 0.452. The van der Waals surface area contributed by atoms with Gasteiger partial charge in [-0.15, -0.1) is 0 Å². The third-order valence-corrected chi connectivity index (χ3v) is 1.15. The first-order valence-electron chi connectivity index (χ1n) is 3.45. The molecule has 0 aromatic rings. The van der Waals surface area contributed by atoms with E-state index in [9.17, 15) is 4.79 Å². The minimum absolute atomic E-state index is 0.166. The first-order valence-corrected chi connectivity index (χ1v) is 3.96. The molecule has 0 rings (SSSR count). The molecule has 0 radical (unpaired) electrons. The molecule has 2 N–H and O–H groups in total. The van der Waals surface area contributed by atoms with Gasteiger partial charge in [-0.05, 0) is 20.8 Å². The minimum atomic E-state index is -0.456. The molecule has 0 amide bonds. The number of rotatable bonds is 2. The lowest BCUT2D eigenvalue weighted by molar-refractivity contribution is -0.152. The summed E-state index contributed by atoms with van der Waals surface area (Å²) in [7, 11) is 0. The van der Waals surface area contributed by atoms with Gasteiger partial charge in [0.25, 0.3) is 0 Å². The molecule has 0 spiro atoms. The normalized spacial score (nSPS) is 14.3. The van der Waals surface area contributed by atoms with E-state index >= 15 is 0 Å². The maximum Gasteiger partial charge on any atom is 0.311 e. The lowest BCUT2D eigenvalue weighted by Crippen LogP contribution is -2.28. The van der Waals surface area contributed by atoms with Gasteiger partial charge in [0.2, 0.25) is 0 Å². The van der Waals surface area contributed by atoms with Crippen LogP contribution in [0.2, 0.25) is 0 Å². The molecule has 66 valence electrons. The Morgan fingerprint density at radius 1 is 1.64 bits per heavy atom. The monoisotopic (exact) mass is 177 g/mol. The van der Waals surface area contributed by atoms with Crippen LogP contribution in [0.25, 0.3) is 0 Å². The van der Waals surface area contributed by atoms with Crippen molar-refractivity contribution >= 4 is 18.6 Å².